The highest BCUT2D eigenvalue weighted by atomic mass is 32.1. The molecule has 250 valence electrons. The average Bonchev–Trinajstić information content (AvgIpc) is 3.36. The molecule has 3 aromatic rings. The summed E-state index contributed by atoms with van der Waals surface area (Å²) in [7, 11) is -4.79. The summed E-state index contributed by atoms with van der Waals surface area (Å²) in [4.78, 5) is 14.6. The predicted molar refractivity (Wildman–Crippen MR) is 185 cm³/mol. The molecule has 2 aromatic carbocycles. The Hall–Kier alpha value is -2.34. The molecule has 0 spiro atoms. The van der Waals surface area contributed by atoms with Gasteiger partial charge in [-0.2, -0.15) is 4.57 Å². The van der Waals surface area contributed by atoms with Gasteiger partial charge in [-0.3, -0.25) is 0 Å². The molecule has 0 radical (unpaired) electrons. The van der Waals surface area contributed by atoms with Gasteiger partial charge in [0, 0.05) is 11.1 Å². The van der Waals surface area contributed by atoms with Gasteiger partial charge in [0.25, 0.3) is 0 Å². The predicted octanol–water partition coefficient (Wildman–Crippen LogP) is 10.2. The summed E-state index contributed by atoms with van der Waals surface area (Å²) in [5.74, 6) is 1.32. The van der Waals surface area contributed by atoms with Crippen molar-refractivity contribution in [1.29, 1.82) is 0 Å². The Balaban J connectivity index is 1.73. The van der Waals surface area contributed by atoms with E-state index < -0.39 is 13.2 Å². The number of aryl methyl sites for hydroxylation is 1. The van der Waals surface area contributed by atoms with Crippen molar-refractivity contribution < 1.29 is 27.8 Å². The van der Waals surface area contributed by atoms with Crippen LogP contribution < -0.4 is 23.2 Å². The topological polar surface area (TPSA) is 71.7 Å². The molecule has 0 bridgehead atoms. The number of phosphoric acid groups is 1. The fraction of sp³-hybridized carbons (Fsp3) is 0.595. The molecule has 0 aliphatic carbocycles. The van der Waals surface area contributed by atoms with Crippen molar-refractivity contribution in [3.8, 4) is 17.2 Å². The fourth-order valence-corrected chi connectivity index (χ4v) is 6.89. The van der Waals surface area contributed by atoms with E-state index in [1.807, 2.05) is 68.2 Å². The van der Waals surface area contributed by atoms with Gasteiger partial charge >= 0.3 is 7.82 Å². The highest BCUT2D eigenvalue weighted by Crippen LogP contribution is 2.48. The monoisotopic (exact) mass is 657 g/mol. The smallest absolute Gasteiger partial charge is 0.372 e. The Morgan fingerprint density at radius 3 is 1.89 bits per heavy atom. The summed E-state index contributed by atoms with van der Waals surface area (Å²) in [6.45, 7) is 17.9. The molecule has 1 aromatic heterocycles. The maximum Gasteiger partial charge on any atom is 0.372 e. The zero-order valence-electron chi connectivity index (χ0n) is 28.9. The lowest BCUT2D eigenvalue weighted by atomic mass is 9.81. The first-order chi connectivity index (χ1) is 21.2. The molecule has 0 fully saturated rings. The number of phosphoric ester groups is 1. The third-order valence-electron chi connectivity index (χ3n) is 7.92. The van der Waals surface area contributed by atoms with E-state index in [4.69, 9.17) is 13.8 Å². The molecule has 0 amide bonds. The molecule has 3 rings (SSSR count). The molecule has 0 aliphatic rings. The van der Waals surface area contributed by atoms with Gasteiger partial charge in [0.2, 0.25) is 5.51 Å². The molecule has 0 saturated carbocycles. The van der Waals surface area contributed by atoms with Crippen molar-refractivity contribution in [2.45, 2.75) is 137 Å². The van der Waals surface area contributed by atoms with Crippen molar-refractivity contribution in [2.24, 2.45) is 0 Å². The number of benzene rings is 2. The number of unbranched alkanes of at least 4 members (excludes halogenated alkanes) is 9. The maximum atomic E-state index is 13.4. The Kier molecular flexibility index (Phi) is 14.0. The quantitative estimate of drug-likeness (QED) is 0.0773. The molecule has 1 unspecified atom stereocenters. The van der Waals surface area contributed by atoms with Crippen LogP contribution in [0.15, 0.2) is 48.1 Å². The Morgan fingerprint density at radius 1 is 0.778 bits per heavy atom. The van der Waals surface area contributed by atoms with E-state index in [1.165, 1.54) is 56.2 Å². The minimum Gasteiger partial charge on any atom is -0.736 e. The first-order valence-electron chi connectivity index (χ1n) is 16.7. The third-order valence-corrected chi connectivity index (χ3v) is 9.61. The lowest BCUT2D eigenvalue weighted by Gasteiger charge is -2.32. The Morgan fingerprint density at radius 2 is 1.31 bits per heavy atom. The normalized spacial score (nSPS) is 13.4. The number of aromatic nitrogens is 1. The summed E-state index contributed by atoms with van der Waals surface area (Å²) < 4.78 is 33.3. The van der Waals surface area contributed by atoms with Crippen LogP contribution in [0.25, 0.3) is 0 Å². The van der Waals surface area contributed by atoms with Crippen LogP contribution >= 0.6 is 19.2 Å². The molecule has 0 N–H and O–H groups in total. The fourth-order valence-electron chi connectivity index (χ4n) is 5.41. The van der Waals surface area contributed by atoms with Crippen LogP contribution in [-0.2, 0) is 21.9 Å². The number of hydrogen-bond donors (Lipinski definition) is 0. The average molecular weight is 658 g/mol. The summed E-state index contributed by atoms with van der Waals surface area (Å²) in [5.41, 5.74) is 3.73. The summed E-state index contributed by atoms with van der Waals surface area (Å²) in [6.07, 6.45) is 14.7. The highest BCUT2D eigenvalue weighted by Gasteiger charge is 2.29. The molecule has 1 heterocycles. The van der Waals surface area contributed by atoms with E-state index in [0.717, 1.165) is 35.3 Å². The second-order valence-electron chi connectivity index (χ2n) is 14.2. The third kappa shape index (κ3) is 12.4. The van der Waals surface area contributed by atoms with Gasteiger partial charge in [-0.05, 0) is 48.4 Å². The van der Waals surface area contributed by atoms with Gasteiger partial charge in [0.15, 0.2) is 12.7 Å². The van der Waals surface area contributed by atoms with Gasteiger partial charge in [-0.15, -0.1) is 0 Å². The minimum atomic E-state index is -4.79. The second-order valence-corrected chi connectivity index (χ2v) is 16.6. The molecular weight excluding hydrogens is 601 g/mol. The van der Waals surface area contributed by atoms with Crippen molar-refractivity contribution in [3.63, 3.8) is 0 Å². The standard InChI is InChI=1S/C37H56NO5PS/c1-9-10-11-12-13-14-15-16-17-20-23-41-34-24-32(37(6,7)8)35(25-31(34)36(3,4)5)43-44(39,40)42-33-22-19-18-21-30(33)27-38-26-29(2)45-28-38/h18-19,21-22,24-26,28H,9-17,20,23,27H2,1-8H3. The van der Waals surface area contributed by atoms with Crippen LogP contribution in [-0.4, -0.2) is 6.61 Å². The van der Waals surface area contributed by atoms with E-state index in [9.17, 15) is 9.46 Å². The van der Waals surface area contributed by atoms with Gasteiger partial charge in [-0.1, -0.05) is 130 Å². The van der Waals surface area contributed by atoms with Crippen LogP contribution in [0, 0.1) is 6.92 Å². The zero-order chi connectivity index (χ0) is 33.1. The van der Waals surface area contributed by atoms with Crippen molar-refractivity contribution in [2.75, 3.05) is 6.61 Å². The van der Waals surface area contributed by atoms with Gasteiger partial charge in [0.1, 0.15) is 17.2 Å². The summed E-state index contributed by atoms with van der Waals surface area (Å²) >= 11 is 1.64. The van der Waals surface area contributed by atoms with Crippen LogP contribution in [0.1, 0.15) is 134 Å². The van der Waals surface area contributed by atoms with Crippen LogP contribution in [0.4, 0.5) is 0 Å². The van der Waals surface area contributed by atoms with E-state index in [1.54, 1.807) is 23.5 Å². The molecule has 0 saturated heterocycles. The number of rotatable bonds is 18. The zero-order valence-corrected chi connectivity index (χ0v) is 30.7. The van der Waals surface area contributed by atoms with Gasteiger partial charge in [0.05, 0.1) is 17.0 Å². The number of para-hydroxylation sites is 1. The largest absolute Gasteiger partial charge is 0.736 e. The van der Waals surface area contributed by atoms with Crippen LogP contribution in [0.2, 0.25) is 0 Å². The lowest BCUT2D eigenvalue weighted by molar-refractivity contribution is -0.683. The van der Waals surface area contributed by atoms with Crippen molar-refractivity contribution in [3.05, 3.63) is 69.7 Å². The highest BCUT2D eigenvalue weighted by molar-refractivity contribution is 7.46. The van der Waals surface area contributed by atoms with E-state index >= 15 is 0 Å². The molecule has 6 nitrogen and oxygen atoms in total. The molecular formula is C37H56NO5PS. The van der Waals surface area contributed by atoms with Crippen molar-refractivity contribution >= 4 is 19.2 Å². The first kappa shape index (κ1) is 37.1. The number of hydrogen-bond acceptors (Lipinski definition) is 6. The Bertz CT molecular complexity index is 1390. The number of thiazole rings is 1. The van der Waals surface area contributed by atoms with Crippen molar-refractivity contribution in [1.82, 2.24) is 0 Å². The van der Waals surface area contributed by atoms with Crippen LogP contribution in [0.3, 0.4) is 0 Å². The Labute approximate surface area is 276 Å². The molecule has 8 heteroatoms. The second kappa shape index (κ2) is 17.0. The van der Waals surface area contributed by atoms with E-state index in [2.05, 4.69) is 27.7 Å². The molecule has 45 heavy (non-hydrogen) atoms. The molecule has 0 aliphatic heterocycles. The minimum absolute atomic E-state index is 0.261. The SMILES string of the molecule is CCCCCCCCCCCCOc1cc(C(C)(C)C)c(OP(=O)([O-])Oc2ccccc2C[n+]2csc(C)c2)cc1C(C)(C)C. The number of nitrogens with zero attached hydrogens (tertiary/aromatic N) is 1. The van der Waals surface area contributed by atoms with E-state index in [-0.39, 0.29) is 16.9 Å². The van der Waals surface area contributed by atoms with Gasteiger partial charge in [-0.25, -0.2) is 4.57 Å². The van der Waals surface area contributed by atoms with E-state index in [0.29, 0.717) is 13.2 Å². The first-order valence-corrected chi connectivity index (χ1v) is 19.1. The maximum absolute atomic E-state index is 13.4. The molecule has 1 atom stereocenters. The summed E-state index contributed by atoms with van der Waals surface area (Å²) in [5, 5.41) is 0. The van der Waals surface area contributed by atoms with Gasteiger partial charge < -0.3 is 18.7 Å². The number of ether oxygens (including phenoxy) is 1. The summed E-state index contributed by atoms with van der Waals surface area (Å²) in [6, 6.07) is 11.0. The van der Waals surface area contributed by atoms with Crippen LogP contribution in [0.5, 0.6) is 17.2 Å². The lowest BCUT2D eigenvalue weighted by Crippen LogP contribution is -2.31.